The molecule has 0 saturated carbocycles. The van der Waals surface area contributed by atoms with Crippen LogP contribution in [0.5, 0.6) is 5.75 Å². The molecule has 2 N–H and O–H groups in total. The second-order valence-electron chi connectivity index (χ2n) is 4.10. The number of ether oxygens (including phenoxy) is 1. The molecule has 2 heteroatoms. The molecule has 0 heterocycles. The van der Waals surface area contributed by atoms with Gasteiger partial charge in [-0.1, -0.05) is 24.6 Å². The van der Waals surface area contributed by atoms with Gasteiger partial charge < -0.3 is 10.5 Å². The first-order valence-corrected chi connectivity index (χ1v) is 5.32. The topological polar surface area (TPSA) is 35.2 Å². The van der Waals surface area contributed by atoms with E-state index in [0.717, 1.165) is 18.7 Å². The fraction of sp³-hybridized carbons (Fsp3) is 0.385. The van der Waals surface area contributed by atoms with Crippen LogP contribution in [-0.4, -0.2) is 13.7 Å². The van der Waals surface area contributed by atoms with E-state index in [1.807, 2.05) is 6.07 Å². The highest BCUT2D eigenvalue weighted by Gasteiger charge is 2.16. The number of benzene rings is 1. The Labute approximate surface area is 90.7 Å². The lowest BCUT2D eigenvalue weighted by Crippen LogP contribution is -2.12. The summed E-state index contributed by atoms with van der Waals surface area (Å²) >= 11 is 0. The van der Waals surface area contributed by atoms with Gasteiger partial charge in [-0.15, -0.1) is 0 Å². The Balaban J connectivity index is 2.24. The predicted octanol–water partition coefficient (Wildman–Crippen LogP) is 2.23. The summed E-state index contributed by atoms with van der Waals surface area (Å²) in [7, 11) is 1.70. The van der Waals surface area contributed by atoms with E-state index < -0.39 is 0 Å². The van der Waals surface area contributed by atoms with Crippen molar-refractivity contribution in [2.75, 3.05) is 13.7 Å². The van der Waals surface area contributed by atoms with Gasteiger partial charge in [0.15, 0.2) is 0 Å². The van der Waals surface area contributed by atoms with Crippen LogP contribution in [0.15, 0.2) is 23.8 Å². The van der Waals surface area contributed by atoms with E-state index in [9.17, 15) is 0 Å². The van der Waals surface area contributed by atoms with E-state index in [2.05, 4.69) is 25.1 Å². The molecular weight excluding hydrogens is 186 g/mol. The van der Waals surface area contributed by atoms with Crippen molar-refractivity contribution in [2.45, 2.75) is 13.3 Å². The normalized spacial score (nSPS) is 15.8. The molecule has 0 spiro atoms. The maximum atomic E-state index is 5.68. The third-order valence-electron chi connectivity index (χ3n) is 3.07. The minimum absolute atomic E-state index is 0.475. The smallest absolute Gasteiger partial charge is 0.119 e. The maximum absolute atomic E-state index is 5.68. The Hall–Kier alpha value is -1.28. The van der Waals surface area contributed by atoms with Gasteiger partial charge >= 0.3 is 0 Å². The number of fused-ring (bicyclic) bond motifs is 1. The van der Waals surface area contributed by atoms with Crippen LogP contribution >= 0.6 is 0 Å². The summed E-state index contributed by atoms with van der Waals surface area (Å²) in [5.74, 6) is 1.41. The third-order valence-corrected chi connectivity index (χ3v) is 3.07. The Morgan fingerprint density at radius 1 is 1.47 bits per heavy atom. The van der Waals surface area contributed by atoms with Gasteiger partial charge in [-0.3, -0.25) is 0 Å². The van der Waals surface area contributed by atoms with Crippen molar-refractivity contribution < 1.29 is 4.74 Å². The largest absolute Gasteiger partial charge is 0.497 e. The lowest BCUT2D eigenvalue weighted by Gasteiger charge is -2.09. The van der Waals surface area contributed by atoms with Gasteiger partial charge in [0.05, 0.1) is 7.11 Å². The van der Waals surface area contributed by atoms with Gasteiger partial charge in [-0.05, 0) is 42.1 Å². The van der Waals surface area contributed by atoms with Crippen LogP contribution in [0.25, 0.3) is 6.08 Å². The van der Waals surface area contributed by atoms with E-state index in [1.165, 1.54) is 16.7 Å². The van der Waals surface area contributed by atoms with Gasteiger partial charge in [0.1, 0.15) is 5.75 Å². The number of hydrogen-bond donors (Lipinski definition) is 1. The molecule has 0 saturated heterocycles. The first kappa shape index (κ1) is 10.2. The van der Waals surface area contributed by atoms with Gasteiger partial charge in [0.2, 0.25) is 0 Å². The summed E-state index contributed by atoms with van der Waals surface area (Å²) in [5.41, 5.74) is 9.77. The first-order valence-electron chi connectivity index (χ1n) is 5.32. The zero-order chi connectivity index (χ0) is 10.8. The predicted molar refractivity (Wildman–Crippen MR) is 62.9 cm³/mol. The number of methoxy groups -OCH3 is 1. The van der Waals surface area contributed by atoms with E-state index in [4.69, 9.17) is 10.5 Å². The van der Waals surface area contributed by atoms with Crippen LogP contribution < -0.4 is 10.5 Å². The Kier molecular flexibility index (Phi) is 2.78. The van der Waals surface area contributed by atoms with Crippen molar-refractivity contribution >= 4 is 6.08 Å². The minimum atomic E-state index is 0.475. The minimum Gasteiger partial charge on any atom is -0.497 e. The zero-order valence-electron chi connectivity index (χ0n) is 9.29. The first-order chi connectivity index (χ1) is 7.24. The Morgan fingerprint density at radius 2 is 2.27 bits per heavy atom. The molecule has 80 valence electrons. The van der Waals surface area contributed by atoms with Crippen molar-refractivity contribution in [3.63, 3.8) is 0 Å². The average Bonchev–Trinajstić information content (AvgIpc) is 2.70. The van der Waals surface area contributed by atoms with Crippen molar-refractivity contribution in [2.24, 2.45) is 11.7 Å². The number of nitrogens with two attached hydrogens (primary N) is 1. The highest BCUT2D eigenvalue weighted by molar-refractivity contribution is 5.65. The van der Waals surface area contributed by atoms with Crippen molar-refractivity contribution in [3.8, 4) is 5.75 Å². The van der Waals surface area contributed by atoms with E-state index >= 15 is 0 Å². The van der Waals surface area contributed by atoms with Crippen LogP contribution in [0.3, 0.4) is 0 Å². The van der Waals surface area contributed by atoms with Crippen LogP contribution in [0.1, 0.15) is 18.1 Å². The Morgan fingerprint density at radius 3 is 2.93 bits per heavy atom. The van der Waals surface area contributed by atoms with Crippen molar-refractivity contribution in [1.82, 2.24) is 0 Å². The summed E-state index contributed by atoms with van der Waals surface area (Å²) in [6, 6.07) is 6.23. The molecule has 0 aliphatic heterocycles. The number of hydrogen-bond acceptors (Lipinski definition) is 2. The molecule has 15 heavy (non-hydrogen) atoms. The van der Waals surface area contributed by atoms with Gasteiger partial charge in [0.25, 0.3) is 0 Å². The molecule has 0 amide bonds. The van der Waals surface area contributed by atoms with Crippen molar-refractivity contribution in [1.29, 1.82) is 0 Å². The SMILES string of the molecule is COc1ccc2c(c1)CC(C(C)CN)=C2. The van der Waals surface area contributed by atoms with E-state index in [-0.39, 0.29) is 0 Å². The van der Waals surface area contributed by atoms with Crippen LogP contribution in [-0.2, 0) is 6.42 Å². The molecule has 1 aliphatic carbocycles. The fourth-order valence-electron chi connectivity index (χ4n) is 1.94. The van der Waals surface area contributed by atoms with Gasteiger partial charge in [-0.2, -0.15) is 0 Å². The summed E-state index contributed by atoms with van der Waals surface area (Å²) in [5, 5.41) is 0. The molecule has 0 aromatic heterocycles. The molecule has 0 radical (unpaired) electrons. The molecule has 1 atom stereocenters. The van der Waals surface area contributed by atoms with Gasteiger partial charge in [0, 0.05) is 0 Å². The highest BCUT2D eigenvalue weighted by Crippen LogP contribution is 2.31. The second-order valence-corrected chi connectivity index (χ2v) is 4.10. The lowest BCUT2D eigenvalue weighted by molar-refractivity contribution is 0.414. The highest BCUT2D eigenvalue weighted by atomic mass is 16.5. The standard InChI is InChI=1S/C13H17NO/c1-9(8-14)11-5-10-3-4-13(15-2)7-12(10)6-11/h3-5,7,9H,6,8,14H2,1-2H3. The molecule has 1 aromatic rings. The summed E-state index contributed by atoms with van der Waals surface area (Å²) < 4.78 is 5.21. The molecule has 0 bridgehead atoms. The second kappa shape index (κ2) is 4.07. The molecule has 0 fully saturated rings. The summed E-state index contributed by atoms with van der Waals surface area (Å²) in [6.45, 7) is 2.89. The van der Waals surface area contributed by atoms with Gasteiger partial charge in [-0.25, -0.2) is 0 Å². The molecular formula is C13H17NO. The molecule has 1 aliphatic rings. The summed E-state index contributed by atoms with van der Waals surface area (Å²) in [4.78, 5) is 0. The molecule has 1 aromatic carbocycles. The monoisotopic (exact) mass is 203 g/mol. The maximum Gasteiger partial charge on any atom is 0.119 e. The summed E-state index contributed by atoms with van der Waals surface area (Å²) in [6.07, 6.45) is 3.28. The van der Waals surface area contributed by atoms with Crippen LogP contribution in [0.2, 0.25) is 0 Å². The number of rotatable bonds is 3. The Bertz CT molecular complexity index is 396. The molecule has 2 rings (SSSR count). The lowest BCUT2D eigenvalue weighted by atomic mass is 9.99. The molecule has 1 unspecified atom stereocenters. The van der Waals surface area contributed by atoms with E-state index in [1.54, 1.807) is 7.11 Å². The zero-order valence-corrected chi connectivity index (χ0v) is 9.29. The van der Waals surface area contributed by atoms with E-state index in [0.29, 0.717) is 5.92 Å². The van der Waals surface area contributed by atoms with Crippen molar-refractivity contribution in [3.05, 3.63) is 34.9 Å². The van der Waals surface area contributed by atoms with Crippen LogP contribution in [0.4, 0.5) is 0 Å². The quantitative estimate of drug-likeness (QED) is 0.817. The third kappa shape index (κ3) is 1.90. The molecule has 2 nitrogen and oxygen atoms in total. The average molecular weight is 203 g/mol. The van der Waals surface area contributed by atoms with Crippen LogP contribution in [0, 0.1) is 5.92 Å². The fourth-order valence-corrected chi connectivity index (χ4v) is 1.94.